The van der Waals surface area contributed by atoms with E-state index in [1.807, 2.05) is 13.8 Å². The molecule has 84 valence electrons. The highest BCUT2D eigenvalue weighted by atomic mass is 16.3. The normalized spacial score (nSPS) is 11.4. The average Bonchev–Trinajstić information content (AvgIpc) is 2.79. The summed E-state index contributed by atoms with van der Waals surface area (Å²) in [4.78, 5) is 11.5. The van der Waals surface area contributed by atoms with Crippen molar-refractivity contribution in [2.75, 3.05) is 6.54 Å². The summed E-state index contributed by atoms with van der Waals surface area (Å²) in [5.41, 5.74) is -0.817. The number of furan rings is 1. The van der Waals surface area contributed by atoms with E-state index >= 15 is 0 Å². The zero-order valence-corrected chi connectivity index (χ0v) is 9.12. The van der Waals surface area contributed by atoms with E-state index in [9.17, 15) is 9.90 Å². The smallest absolute Gasteiger partial charge is 0.287 e. The van der Waals surface area contributed by atoms with Crippen LogP contribution in [-0.4, -0.2) is 23.2 Å². The summed E-state index contributed by atoms with van der Waals surface area (Å²) >= 11 is 0. The maximum absolute atomic E-state index is 11.5. The summed E-state index contributed by atoms with van der Waals surface area (Å²) in [6, 6.07) is 3.24. The van der Waals surface area contributed by atoms with Crippen molar-refractivity contribution in [2.45, 2.75) is 32.3 Å². The van der Waals surface area contributed by atoms with E-state index in [1.165, 1.54) is 6.26 Å². The van der Waals surface area contributed by atoms with Gasteiger partial charge in [-0.1, -0.05) is 13.8 Å². The van der Waals surface area contributed by atoms with Gasteiger partial charge in [-0.05, 0) is 25.0 Å². The number of nitrogens with one attached hydrogen (secondary N) is 1. The van der Waals surface area contributed by atoms with Gasteiger partial charge in [0.05, 0.1) is 11.9 Å². The van der Waals surface area contributed by atoms with Gasteiger partial charge in [-0.15, -0.1) is 0 Å². The molecule has 0 spiro atoms. The minimum atomic E-state index is -0.817. The van der Waals surface area contributed by atoms with Crippen molar-refractivity contribution in [3.63, 3.8) is 0 Å². The molecule has 0 aliphatic carbocycles. The zero-order chi connectivity index (χ0) is 11.3. The highest BCUT2D eigenvalue weighted by molar-refractivity contribution is 5.91. The fourth-order valence-electron chi connectivity index (χ4n) is 1.24. The third-order valence-electron chi connectivity index (χ3n) is 2.64. The Labute approximate surface area is 89.3 Å². The van der Waals surface area contributed by atoms with Crippen molar-refractivity contribution in [1.82, 2.24) is 5.32 Å². The molecule has 1 rings (SSSR count). The van der Waals surface area contributed by atoms with E-state index in [2.05, 4.69) is 5.32 Å². The second-order valence-electron chi connectivity index (χ2n) is 3.59. The average molecular weight is 211 g/mol. The molecule has 2 N–H and O–H groups in total. The molecule has 0 bridgehead atoms. The molecule has 15 heavy (non-hydrogen) atoms. The number of hydrogen-bond donors (Lipinski definition) is 2. The van der Waals surface area contributed by atoms with Crippen molar-refractivity contribution in [2.24, 2.45) is 0 Å². The monoisotopic (exact) mass is 211 g/mol. The maximum atomic E-state index is 11.5. The molecule has 0 saturated heterocycles. The third-order valence-corrected chi connectivity index (χ3v) is 2.64. The van der Waals surface area contributed by atoms with Gasteiger partial charge in [-0.2, -0.15) is 0 Å². The summed E-state index contributed by atoms with van der Waals surface area (Å²) in [6.07, 6.45) is 2.67. The Kier molecular flexibility index (Phi) is 3.91. The summed E-state index contributed by atoms with van der Waals surface area (Å²) in [7, 11) is 0. The van der Waals surface area contributed by atoms with Crippen LogP contribution in [0.25, 0.3) is 0 Å². The van der Waals surface area contributed by atoms with E-state index in [0.717, 1.165) is 0 Å². The van der Waals surface area contributed by atoms with Crippen molar-refractivity contribution >= 4 is 5.91 Å². The lowest BCUT2D eigenvalue weighted by Crippen LogP contribution is -2.41. The van der Waals surface area contributed by atoms with Crippen LogP contribution >= 0.6 is 0 Å². The first-order valence-corrected chi connectivity index (χ1v) is 5.15. The molecule has 0 radical (unpaired) electrons. The Balaban J connectivity index is 2.47. The lowest BCUT2D eigenvalue weighted by atomic mass is 9.98. The molecule has 0 aliphatic rings. The second-order valence-corrected chi connectivity index (χ2v) is 3.59. The minimum Gasteiger partial charge on any atom is -0.459 e. The molecule has 0 aromatic carbocycles. The van der Waals surface area contributed by atoms with E-state index < -0.39 is 5.60 Å². The van der Waals surface area contributed by atoms with Gasteiger partial charge in [0.15, 0.2) is 5.76 Å². The Bertz CT molecular complexity index is 302. The van der Waals surface area contributed by atoms with E-state index in [1.54, 1.807) is 12.1 Å². The molecule has 1 aromatic rings. The number of carbonyl (C=O) groups is 1. The Hall–Kier alpha value is -1.29. The van der Waals surface area contributed by atoms with Crippen molar-refractivity contribution in [3.05, 3.63) is 24.2 Å². The maximum Gasteiger partial charge on any atom is 0.287 e. The summed E-state index contributed by atoms with van der Waals surface area (Å²) in [5, 5.41) is 12.6. The Morgan fingerprint density at radius 2 is 2.20 bits per heavy atom. The van der Waals surface area contributed by atoms with Gasteiger partial charge in [-0.25, -0.2) is 0 Å². The van der Waals surface area contributed by atoms with Crippen LogP contribution in [0.3, 0.4) is 0 Å². The lowest BCUT2D eigenvalue weighted by molar-refractivity contribution is 0.0310. The SMILES string of the molecule is CCC(O)(CC)CNC(=O)c1ccco1. The van der Waals surface area contributed by atoms with Crippen LogP contribution in [0, 0.1) is 0 Å². The first-order valence-electron chi connectivity index (χ1n) is 5.15. The van der Waals surface area contributed by atoms with E-state index in [4.69, 9.17) is 4.42 Å². The van der Waals surface area contributed by atoms with Crippen LogP contribution in [0.4, 0.5) is 0 Å². The first-order chi connectivity index (χ1) is 7.11. The molecule has 0 saturated carbocycles. The zero-order valence-electron chi connectivity index (χ0n) is 9.12. The molecular weight excluding hydrogens is 194 g/mol. The van der Waals surface area contributed by atoms with E-state index in [0.29, 0.717) is 12.8 Å². The predicted molar refractivity (Wildman–Crippen MR) is 56.6 cm³/mol. The molecular formula is C11H17NO3. The number of hydrogen-bond acceptors (Lipinski definition) is 3. The van der Waals surface area contributed by atoms with Gasteiger partial charge in [-0.3, -0.25) is 4.79 Å². The molecule has 1 amide bonds. The summed E-state index contributed by atoms with van der Waals surface area (Å²) in [6.45, 7) is 4.03. The van der Waals surface area contributed by atoms with Gasteiger partial charge >= 0.3 is 0 Å². The van der Waals surface area contributed by atoms with Gasteiger partial charge in [0.1, 0.15) is 0 Å². The quantitative estimate of drug-likeness (QED) is 0.777. The highest BCUT2D eigenvalue weighted by Gasteiger charge is 2.23. The summed E-state index contributed by atoms with van der Waals surface area (Å²) in [5.74, 6) is -0.0233. The molecule has 0 atom stereocenters. The van der Waals surface area contributed by atoms with Crippen LogP contribution in [0.5, 0.6) is 0 Å². The van der Waals surface area contributed by atoms with Crippen molar-refractivity contribution in [1.29, 1.82) is 0 Å². The minimum absolute atomic E-state index is 0.250. The fraction of sp³-hybridized carbons (Fsp3) is 0.545. The van der Waals surface area contributed by atoms with Gasteiger partial charge in [0.2, 0.25) is 0 Å². The highest BCUT2D eigenvalue weighted by Crippen LogP contribution is 2.13. The largest absolute Gasteiger partial charge is 0.459 e. The number of aliphatic hydroxyl groups is 1. The topological polar surface area (TPSA) is 62.5 Å². The Morgan fingerprint density at radius 1 is 1.53 bits per heavy atom. The fourth-order valence-corrected chi connectivity index (χ4v) is 1.24. The number of amides is 1. The van der Waals surface area contributed by atoms with Gasteiger partial charge < -0.3 is 14.8 Å². The van der Waals surface area contributed by atoms with E-state index in [-0.39, 0.29) is 18.2 Å². The molecule has 0 fully saturated rings. The van der Waals surface area contributed by atoms with Crippen LogP contribution in [-0.2, 0) is 0 Å². The standard InChI is InChI=1S/C11H17NO3/c1-3-11(14,4-2)8-12-10(13)9-6-5-7-15-9/h5-7,14H,3-4,8H2,1-2H3,(H,12,13). The van der Waals surface area contributed by atoms with Gasteiger partial charge in [0, 0.05) is 6.54 Å². The third kappa shape index (κ3) is 3.09. The van der Waals surface area contributed by atoms with Crippen molar-refractivity contribution < 1.29 is 14.3 Å². The molecule has 0 aliphatic heterocycles. The Morgan fingerprint density at radius 3 is 2.67 bits per heavy atom. The summed E-state index contributed by atoms with van der Waals surface area (Å²) < 4.78 is 4.93. The number of rotatable bonds is 5. The first kappa shape index (κ1) is 11.8. The van der Waals surface area contributed by atoms with Crippen LogP contribution in [0.1, 0.15) is 37.2 Å². The molecule has 1 heterocycles. The van der Waals surface area contributed by atoms with Crippen LogP contribution in [0.15, 0.2) is 22.8 Å². The second kappa shape index (κ2) is 4.98. The van der Waals surface area contributed by atoms with Crippen LogP contribution in [0.2, 0.25) is 0 Å². The molecule has 0 unspecified atom stereocenters. The lowest BCUT2D eigenvalue weighted by Gasteiger charge is -2.24. The van der Waals surface area contributed by atoms with Crippen molar-refractivity contribution in [3.8, 4) is 0 Å². The number of carbonyl (C=O) groups excluding carboxylic acids is 1. The van der Waals surface area contributed by atoms with Gasteiger partial charge in [0.25, 0.3) is 5.91 Å². The predicted octanol–water partition coefficient (Wildman–Crippen LogP) is 1.56. The molecule has 4 nitrogen and oxygen atoms in total. The molecule has 1 aromatic heterocycles. The van der Waals surface area contributed by atoms with Crippen LogP contribution < -0.4 is 5.32 Å². The molecule has 4 heteroatoms.